The number of nitrogen functional groups attached to an aromatic ring is 2. The van der Waals surface area contributed by atoms with E-state index in [1.165, 1.54) is 0 Å². The summed E-state index contributed by atoms with van der Waals surface area (Å²) >= 11 is 0. The van der Waals surface area contributed by atoms with Gasteiger partial charge in [0.25, 0.3) is 5.91 Å². The highest BCUT2D eigenvalue weighted by Gasteiger charge is 2.23. The topological polar surface area (TPSA) is 268 Å². The Balaban J connectivity index is 1.20. The van der Waals surface area contributed by atoms with Crippen LogP contribution in [0, 0.1) is 5.92 Å². The number of hydrogen-bond acceptors (Lipinski definition) is 15. The molecule has 326 valence electrons. The second-order valence-corrected chi connectivity index (χ2v) is 14.7. The predicted molar refractivity (Wildman–Crippen MR) is 222 cm³/mol. The second-order valence-electron chi connectivity index (χ2n) is 14.7. The minimum Gasteiger partial charge on any atom is -0.480 e. The molecule has 0 aliphatic carbocycles. The zero-order valence-electron chi connectivity index (χ0n) is 35.0. The summed E-state index contributed by atoms with van der Waals surface area (Å²) in [5.74, 6) is -2.25. The van der Waals surface area contributed by atoms with E-state index in [1.54, 1.807) is 30.5 Å². The molecule has 3 rings (SSSR count). The van der Waals surface area contributed by atoms with Gasteiger partial charge in [0.2, 0.25) is 17.8 Å². The zero-order valence-corrected chi connectivity index (χ0v) is 35.0. The van der Waals surface area contributed by atoms with Gasteiger partial charge >= 0.3 is 5.97 Å². The summed E-state index contributed by atoms with van der Waals surface area (Å²) in [6.45, 7) is 12.3. The number of ether oxygens (including phenoxy) is 4. The molecule has 0 bridgehead atoms. The van der Waals surface area contributed by atoms with Gasteiger partial charge < -0.3 is 56.4 Å². The number of nitrogens with two attached hydrogens (primary N) is 2. The lowest BCUT2D eigenvalue weighted by molar-refractivity contribution is -0.139. The lowest BCUT2D eigenvalue weighted by atomic mass is 10.0. The summed E-state index contributed by atoms with van der Waals surface area (Å²) in [6, 6.07) is 5.36. The number of fused-ring (bicyclic) bond motifs is 1. The van der Waals surface area contributed by atoms with Crippen molar-refractivity contribution >= 4 is 52.3 Å². The van der Waals surface area contributed by atoms with Crippen LogP contribution in [0.3, 0.4) is 0 Å². The molecule has 0 aliphatic heterocycles. The molecule has 2 heterocycles. The number of amides is 3. The summed E-state index contributed by atoms with van der Waals surface area (Å²) in [7, 11) is 1.83. The second kappa shape index (κ2) is 25.3. The van der Waals surface area contributed by atoms with E-state index < -0.39 is 17.9 Å². The van der Waals surface area contributed by atoms with E-state index in [1.807, 2.05) is 32.7 Å². The van der Waals surface area contributed by atoms with Crippen LogP contribution in [-0.2, 0) is 39.9 Å². The Hall–Kier alpha value is -5.24. The smallest absolute Gasteiger partial charge is 0.326 e. The van der Waals surface area contributed by atoms with E-state index in [0.29, 0.717) is 95.6 Å². The number of benzene rings is 1. The number of rotatable bonds is 29. The standard InChI is InChI=1S/C40H62N10O9/c1-6-15-40(3,4)59-26-27(2)36(52)44-17-8-19-57-21-23-58-22-20-56-18-7-16-43-32(51)14-13-31(38(54)55)47-37(53)28-9-11-30(12-10-28)50(5)25-29-24-45-35-33(46-29)34(41)48-39(42)49-35/h9-12,24,27,31H,6-8,13-23,25-26H2,1-5H3,(H,43,51)(H,44,52)(H,47,53)(H,54,55)(H4,41,42,45,48,49). The van der Waals surface area contributed by atoms with Gasteiger partial charge in [0.1, 0.15) is 6.04 Å². The number of carbonyl (C=O) groups excluding carboxylic acids is 3. The number of hydrogen-bond donors (Lipinski definition) is 6. The van der Waals surface area contributed by atoms with Crippen molar-refractivity contribution in [2.75, 3.05) is 82.8 Å². The van der Waals surface area contributed by atoms with Crippen molar-refractivity contribution in [2.24, 2.45) is 5.92 Å². The first-order chi connectivity index (χ1) is 28.2. The first-order valence-corrected chi connectivity index (χ1v) is 20.0. The largest absolute Gasteiger partial charge is 0.480 e. The van der Waals surface area contributed by atoms with Crippen molar-refractivity contribution in [3.8, 4) is 0 Å². The maximum atomic E-state index is 12.9. The molecule has 2 atom stereocenters. The van der Waals surface area contributed by atoms with Gasteiger partial charge in [-0.3, -0.25) is 14.4 Å². The first kappa shape index (κ1) is 48.1. The predicted octanol–water partition coefficient (Wildman–Crippen LogP) is 2.48. The lowest BCUT2D eigenvalue weighted by Gasteiger charge is -2.26. The third kappa shape index (κ3) is 18.1. The molecule has 0 spiro atoms. The van der Waals surface area contributed by atoms with Crippen LogP contribution in [0.1, 0.15) is 82.3 Å². The van der Waals surface area contributed by atoms with Crippen LogP contribution < -0.4 is 32.3 Å². The maximum absolute atomic E-state index is 12.9. The van der Waals surface area contributed by atoms with Gasteiger partial charge in [0.05, 0.1) is 63.0 Å². The monoisotopic (exact) mass is 826 g/mol. The van der Waals surface area contributed by atoms with Gasteiger partial charge in [-0.15, -0.1) is 0 Å². The molecule has 0 saturated carbocycles. The molecular formula is C40H62N10O9. The first-order valence-electron chi connectivity index (χ1n) is 20.0. The van der Waals surface area contributed by atoms with E-state index >= 15 is 0 Å². The molecule has 59 heavy (non-hydrogen) atoms. The molecule has 0 aliphatic rings. The molecule has 0 fully saturated rings. The summed E-state index contributed by atoms with van der Waals surface area (Å²) in [6.07, 6.45) is 4.64. The number of carboxylic acids is 1. The molecule has 1 aromatic carbocycles. The molecule has 0 saturated heterocycles. The number of aromatic nitrogens is 4. The van der Waals surface area contributed by atoms with E-state index in [9.17, 15) is 24.3 Å². The average molecular weight is 827 g/mol. The van der Waals surface area contributed by atoms with Gasteiger partial charge in [0, 0.05) is 51.0 Å². The maximum Gasteiger partial charge on any atom is 0.326 e. The van der Waals surface area contributed by atoms with E-state index in [0.717, 1.165) is 18.5 Å². The number of anilines is 3. The SMILES string of the molecule is CCCC(C)(C)OCC(C)C(=O)NCCCOCCOCCOCCCNC(=O)CCC(NC(=O)c1ccc(N(C)Cc2cnc3nc(N)nc(N)c3n2)cc1)C(=O)O. The molecular weight excluding hydrogens is 765 g/mol. The minimum absolute atomic E-state index is 0.0113. The van der Waals surface area contributed by atoms with Crippen molar-refractivity contribution in [3.05, 3.63) is 41.7 Å². The van der Waals surface area contributed by atoms with Crippen LogP contribution in [0.4, 0.5) is 17.5 Å². The normalized spacial score (nSPS) is 12.5. The Labute approximate surface area is 345 Å². The Kier molecular flexibility index (Phi) is 20.6. The van der Waals surface area contributed by atoms with Crippen LogP contribution in [0.15, 0.2) is 30.5 Å². The summed E-state index contributed by atoms with van der Waals surface area (Å²) in [4.78, 5) is 68.0. The fourth-order valence-electron chi connectivity index (χ4n) is 5.73. The highest BCUT2D eigenvalue weighted by Crippen LogP contribution is 2.20. The van der Waals surface area contributed by atoms with Crippen molar-refractivity contribution in [3.63, 3.8) is 0 Å². The molecule has 3 aromatic rings. The molecule has 0 radical (unpaired) electrons. The Morgan fingerprint density at radius 3 is 2.15 bits per heavy atom. The molecule has 2 unspecified atom stereocenters. The summed E-state index contributed by atoms with van der Waals surface area (Å²) < 4.78 is 22.5. The van der Waals surface area contributed by atoms with Gasteiger partial charge in [-0.25, -0.2) is 14.8 Å². The Morgan fingerprint density at radius 1 is 0.898 bits per heavy atom. The number of carbonyl (C=O) groups is 4. The van der Waals surface area contributed by atoms with Crippen molar-refractivity contribution in [1.29, 1.82) is 0 Å². The van der Waals surface area contributed by atoms with Crippen LogP contribution in [-0.4, -0.2) is 127 Å². The van der Waals surface area contributed by atoms with E-state index in [4.69, 9.17) is 30.4 Å². The molecule has 8 N–H and O–H groups in total. The summed E-state index contributed by atoms with van der Waals surface area (Å²) in [5, 5.41) is 17.8. The molecule has 2 aromatic heterocycles. The van der Waals surface area contributed by atoms with E-state index in [-0.39, 0.29) is 53.5 Å². The van der Waals surface area contributed by atoms with Crippen LogP contribution in [0.25, 0.3) is 11.2 Å². The third-order valence-corrected chi connectivity index (χ3v) is 9.05. The van der Waals surface area contributed by atoms with E-state index in [2.05, 4.69) is 42.8 Å². The highest BCUT2D eigenvalue weighted by atomic mass is 16.5. The van der Waals surface area contributed by atoms with Crippen LogP contribution in [0.2, 0.25) is 0 Å². The van der Waals surface area contributed by atoms with Crippen LogP contribution in [0.5, 0.6) is 0 Å². The van der Waals surface area contributed by atoms with Crippen molar-refractivity contribution in [2.45, 2.75) is 84.4 Å². The molecule has 19 heteroatoms. The number of aliphatic carboxylic acids is 1. The highest BCUT2D eigenvalue weighted by molar-refractivity contribution is 5.97. The van der Waals surface area contributed by atoms with Gasteiger partial charge in [-0.1, -0.05) is 20.3 Å². The van der Waals surface area contributed by atoms with Gasteiger partial charge in [-0.05, 0) is 63.8 Å². The van der Waals surface area contributed by atoms with Crippen molar-refractivity contribution < 1.29 is 43.2 Å². The number of nitrogens with one attached hydrogen (secondary N) is 3. The Bertz CT molecular complexity index is 1780. The Morgan fingerprint density at radius 2 is 1.53 bits per heavy atom. The van der Waals surface area contributed by atoms with Gasteiger partial charge in [-0.2, -0.15) is 9.97 Å². The fraction of sp³-hybridized carbons (Fsp3) is 0.600. The average Bonchev–Trinajstić information content (AvgIpc) is 3.19. The molecule has 3 amide bonds. The van der Waals surface area contributed by atoms with Gasteiger partial charge in [0.15, 0.2) is 17.0 Å². The summed E-state index contributed by atoms with van der Waals surface area (Å²) in [5.41, 5.74) is 13.6. The van der Waals surface area contributed by atoms with Crippen LogP contribution >= 0.6 is 0 Å². The van der Waals surface area contributed by atoms with Crippen molar-refractivity contribution in [1.82, 2.24) is 35.9 Å². The third-order valence-electron chi connectivity index (χ3n) is 9.05. The number of carboxylic acid groups (broad SMARTS) is 1. The quantitative estimate of drug-likeness (QED) is 0.0549. The number of nitrogens with zero attached hydrogens (tertiary/aromatic N) is 5. The zero-order chi connectivity index (χ0) is 43.2. The fourth-order valence-corrected chi connectivity index (χ4v) is 5.73. The lowest BCUT2D eigenvalue weighted by Crippen LogP contribution is -2.41. The minimum atomic E-state index is -1.25. The molecule has 19 nitrogen and oxygen atoms in total.